The SMILES string of the molecule is Cn1c2c(c(=O)n(C)c1=O)CCCCCCCC2. The van der Waals surface area contributed by atoms with E-state index >= 15 is 0 Å². The third-order valence-corrected chi connectivity index (χ3v) is 3.98. The molecule has 2 rings (SSSR count). The summed E-state index contributed by atoms with van der Waals surface area (Å²) in [5, 5.41) is 0. The Morgan fingerprint density at radius 2 is 1.33 bits per heavy atom. The summed E-state index contributed by atoms with van der Waals surface area (Å²) in [6.07, 6.45) is 8.73. The van der Waals surface area contributed by atoms with E-state index < -0.39 is 0 Å². The molecule has 0 N–H and O–H groups in total. The maximum absolute atomic E-state index is 12.2. The summed E-state index contributed by atoms with van der Waals surface area (Å²) in [7, 11) is 3.36. The zero-order valence-corrected chi connectivity index (χ0v) is 11.4. The van der Waals surface area contributed by atoms with Crippen LogP contribution < -0.4 is 11.2 Å². The molecule has 1 aromatic heterocycles. The Morgan fingerprint density at radius 1 is 0.778 bits per heavy atom. The van der Waals surface area contributed by atoms with Crippen molar-refractivity contribution in [3.63, 3.8) is 0 Å². The van der Waals surface area contributed by atoms with Crippen LogP contribution in [0.25, 0.3) is 0 Å². The fourth-order valence-corrected chi connectivity index (χ4v) is 2.83. The van der Waals surface area contributed by atoms with Crippen molar-refractivity contribution in [2.45, 2.75) is 51.4 Å². The minimum atomic E-state index is -0.198. The molecular weight excluding hydrogens is 228 g/mol. The van der Waals surface area contributed by atoms with Gasteiger partial charge in [0.2, 0.25) is 0 Å². The van der Waals surface area contributed by atoms with Crippen molar-refractivity contribution < 1.29 is 0 Å². The van der Waals surface area contributed by atoms with Crippen LogP contribution in [-0.2, 0) is 26.9 Å². The zero-order chi connectivity index (χ0) is 13.1. The number of nitrogens with zero attached hydrogens (tertiary/aromatic N) is 2. The molecule has 0 saturated carbocycles. The van der Waals surface area contributed by atoms with Crippen LogP contribution in [0.2, 0.25) is 0 Å². The van der Waals surface area contributed by atoms with E-state index in [1.165, 1.54) is 30.3 Å². The first-order valence-electron chi connectivity index (χ1n) is 6.90. The second-order valence-electron chi connectivity index (χ2n) is 5.25. The third-order valence-electron chi connectivity index (χ3n) is 3.98. The van der Waals surface area contributed by atoms with E-state index in [2.05, 4.69) is 0 Å². The molecule has 1 aliphatic rings. The molecule has 0 aliphatic heterocycles. The molecule has 0 bridgehead atoms. The first-order chi connectivity index (χ1) is 8.63. The van der Waals surface area contributed by atoms with Crippen LogP contribution in [0.4, 0.5) is 0 Å². The summed E-state index contributed by atoms with van der Waals surface area (Å²) in [5.74, 6) is 0. The van der Waals surface area contributed by atoms with Crippen molar-refractivity contribution in [2.75, 3.05) is 0 Å². The standard InChI is InChI=1S/C14H22N2O2/c1-15-12-10-8-6-4-3-5-7-9-11(12)13(17)16(2)14(15)18/h3-10H2,1-2H3. The van der Waals surface area contributed by atoms with E-state index in [9.17, 15) is 9.59 Å². The molecule has 0 saturated heterocycles. The van der Waals surface area contributed by atoms with E-state index in [0.29, 0.717) is 0 Å². The van der Waals surface area contributed by atoms with Gasteiger partial charge in [0.15, 0.2) is 0 Å². The normalized spacial score (nSPS) is 17.2. The van der Waals surface area contributed by atoms with Crippen LogP contribution >= 0.6 is 0 Å². The van der Waals surface area contributed by atoms with Crippen LogP contribution in [0.1, 0.15) is 49.8 Å². The maximum atomic E-state index is 12.2. The lowest BCUT2D eigenvalue weighted by molar-refractivity contribution is 0.546. The lowest BCUT2D eigenvalue weighted by Crippen LogP contribution is -2.41. The maximum Gasteiger partial charge on any atom is 0.330 e. The Bertz CT molecular complexity index is 540. The van der Waals surface area contributed by atoms with Gasteiger partial charge in [-0.25, -0.2) is 4.79 Å². The van der Waals surface area contributed by atoms with Gasteiger partial charge in [-0.05, 0) is 25.7 Å². The van der Waals surface area contributed by atoms with E-state index in [1.54, 1.807) is 18.7 Å². The fourth-order valence-electron chi connectivity index (χ4n) is 2.83. The number of aromatic nitrogens is 2. The molecular formula is C14H22N2O2. The second-order valence-corrected chi connectivity index (χ2v) is 5.25. The molecule has 0 unspecified atom stereocenters. The highest BCUT2D eigenvalue weighted by Gasteiger charge is 2.15. The van der Waals surface area contributed by atoms with Crippen molar-refractivity contribution in [1.29, 1.82) is 0 Å². The summed E-state index contributed by atoms with van der Waals surface area (Å²) >= 11 is 0. The molecule has 1 aromatic rings. The zero-order valence-electron chi connectivity index (χ0n) is 11.4. The minimum Gasteiger partial charge on any atom is -0.300 e. The third kappa shape index (κ3) is 2.42. The quantitative estimate of drug-likeness (QED) is 0.701. The highest BCUT2D eigenvalue weighted by Crippen LogP contribution is 2.15. The van der Waals surface area contributed by atoms with Crippen LogP contribution in [0, 0.1) is 0 Å². The monoisotopic (exact) mass is 250 g/mol. The molecule has 1 aliphatic carbocycles. The average Bonchev–Trinajstić information content (AvgIpc) is 2.39. The summed E-state index contributed by atoms with van der Waals surface area (Å²) in [6, 6.07) is 0. The second kappa shape index (κ2) is 5.55. The van der Waals surface area contributed by atoms with Gasteiger partial charge < -0.3 is 4.57 Å². The number of hydrogen-bond donors (Lipinski definition) is 0. The van der Waals surface area contributed by atoms with Gasteiger partial charge in [-0.1, -0.05) is 25.7 Å². The molecule has 0 aromatic carbocycles. The van der Waals surface area contributed by atoms with Gasteiger partial charge in [0, 0.05) is 25.4 Å². The Morgan fingerprint density at radius 3 is 2.00 bits per heavy atom. The van der Waals surface area contributed by atoms with E-state index in [1.807, 2.05) is 0 Å². The Balaban J connectivity index is 2.52. The Hall–Kier alpha value is -1.32. The number of hydrogen-bond acceptors (Lipinski definition) is 2. The lowest BCUT2D eigenvalue weighted by atomic mass is 9.98. The predicted molar refractivity (Wildman–Crippen MR) is 72.0 cm³/mol. The van der Waals surface area contributed by atoms with Crippen LogP contribution in [0.3, 0.4) is 0 Å². The average molecular weight is 250 g/mol. The molecule has 18 heavy (non-hydrogen) atoms. The van der Waals surface area contributed by atoms with Gasteiger partial charge in [0.1, 0.15) is 0 Å². The molecule has 0 amide bonds. The van der Waals surface area contributed by atoms with Gasteiger partial charge in [0.05, 0.1) is 0 Å². The summed E-state index contributed by atoms with van der Waals surface area (Å²) in [6.45, 7) is 0. The fraction of sp³-hybridized carbons (Fsp3) is 0.714. The summed E-state index contributed by atoms with van der Waals surface area (Å²) < 4.78 is 2.91. The topological polar surface area (TPSA) is 44.0 Å². The lowest BCUT2D eigenvalue weighted by Gasteiger charge is -2.16. The van der Waals surface area contributed by atoms with Crippen LogP contribution in [0.15, 0.2) is 9.59 Å². The van der Waals surface area contributed by atoms with Gasteiger partial charge in [-0.3, -0.25) is 9.36 Å². The van der Waals surface area contributed by atoms with Crippen molar-refractivity contribution in [1.82, 2.24) is 9.13 Å². The van der Waals surface area contributed by atoms with Gasteiger partial charge in [-0.2, -0.15) is 0 Å². The molecule has 0 fully saturated rings. The van der Waals surface area contributed by atoms with Gasteiger partial charge in [-0.15, -0.1) is 0 Å². The van der Waals surface area contributed by atoms with Crippen molar-refractivity contribution >= 4 is 0 Å². The highest BCUT2D eigenvalue weighted by molar-refractivity contribution is 5.19. The minimum absolute atomic E-state index is 0.0892. The van der Waals surface area contributed by atoms with Crippen molar-refractivity contribution in [2.24, 2.45) is 14.1 Å². The first-order valence-corrected chi connectivity index (χ1v) is 6.90. The highest BCUT2D eigenvalue weighted by atomic mass is 16.2. The molecule has 0 spiro atoms. The van der Waals surface area contributed by atoms with Crippen LogP contribution in [-0.4, -0.2) is 9.13 Å². The molecule has 0 radical (unpaired) electrons. The Labute approximate surface area is 107 Å². The number of rotatable bonds is 0. The number of fused-ring (bicyclic) bond motifs is 1. The molecule has 4 heteroatoms. The first kappa shape index (κ1) is 13.1. The smallest absolute Gasteiger partial charge is 0.300 e. The predicted octanol–water partition coefficient (Wildman–Crippen LogP) is 1.52. The van der Waals surface area contributed by atoms with E-state index in [-0.39, 0.29) is 11.2 Å². The largest absolute Gasteiger partial charge is 0.330 e. The van der Waals surface area contributed by atoms with Crippen LogP contribution in [0.5, 0.6) is 0 Å². The summed E-state index contributed by atoms with van der Waals surface area (Å²) in [5.41, 5.74) is 1.54. The molecule has 0 atom stereocenters. The van der Waals surface area contributed by atoms with Crippen molar-refractivity contribution in [3.05, 3.63) is 32.1 Å². The van der Waals surface area contributed by atoms with Crippen molar-refractivity contribution in [3.8, 4) is 0 Å². The molecule has 4 nitrogen and oxygen atoms in total. The Kier molecular flexibility index (Phi) is 4.04. The molecule has 1 heterocycles. The van der Waals surface area contributed by atoms with E-state index in [4.69, 9.17) is 0 Å². The van der Waals surface area contributed by atoms with E-state index in [0.717, 1.165) is 36.9 Å². The molecule has 100 valence electrons. The van der Waals surface area contributed by atoms with Gasteiger partial charge in [0.25, 0.3) is 5.56 Å². The summed E-state index contributed by atoms with van der Waals surface area (Å²) in [4.78, 5) is 24.1. The van der Waals surface area contributed by atoms with Gasteiger partial charge >= 0.3 is 5.69 Å².